The largest absolute Gasteiger partial charge is 0.497 e. The summed E-state index contributed by atoms with van der Waals surface area (Å²) in [4.78, 5) is 12.5. The Labute approximate surface area is 182 Å². The lowest BCUT2D eigenvalue weighted by molar-refractivity contribution is -0.114. The van der Waals surface area contributed by atoms with Gasteiger partial charge >= 0.3 is 0 Å². The Morgan fingerprint density at radius 3 is 2.10 bits per heavy atom. The third-order valence-electron chi connectivity index (χ3n) is 4.43. The maximum Gasteiger partial charge on any atom is 0.245 e. The Kier molecular flexibility index (Phi) is 7.15. The van der Waals surface area contributed by atoms with Crippen molar-refractivity contribution in [3.8, 4) is 11.5 Å². The molecule has 0 fully saturated rings. The number of hydrogen-bond donors (Lipinski definition) is 1. The molecular weight excluding hydrogens is 416 g/mol. The standard InChI is InChI=1S/C23H24N2O5S/c1-29-21-12-8-19(9-13-21)24-23(26)16-25(31(2,27)28)20-10-14-22(15-11-20)30-17-18-6-4-3-5-7-18/h3-15H,16-17H2,1-2H3,(H,24,26). The lowest BCUT2D eigenvalue weighted by Gasteiger charge is -2.22. The number of anilines is 2. The van der Waals surface area contributed by atoms with Gasteiger partial charge in [-0.2, -0.15) is 0 Å². The van der Waals surface area contributed by atoms with Gasteiger partial charge in [-0.25, -0.2) is 8.42 Å². The van der Waals surface area contributed by atoms with Crippen LogP contribution >= 0.6 is 0 Å². The van der Waals surface area contributed by atoms with Crippen LogP contribution in [0.1, 0.15) is 5.56 Å². The van der Waals surface area contributed by atoms with Crippen molar-refractivity contribution in [2.75, 3.05) is 29.5 Å². The lowest BCUT2D eigenvalue weighted by atomic mass is 10.2. The molecule has 8 heteroatoms. The van der Waals surface area contributed by atoms with E-state index < -0.39 is 15.9 Å². The first-order valence-electron chi connectivity index (χ1n) is 9.53. The van der Waals surface area contributed by atoms with Gasteiger partial charge in [0.1, 0.15) is 24.7 Å². The monoisotopic (exact) mass is 440 g/mol. The maximum atomic E-state index is 12.5. The summed E-state index contributed by atoms with van der Waals surface area (Å²) >= 11 is 0. The van der Waals surface area contributed by atoms with Crippen LogP contribution in [-0.2, 0) is 21.4 Å². The molecule has 0 aromatic heterocycles. The second kappa shape index (κ2) is 9.99. The van der Waals surface area contributed by atoms with Gasteiger partial charge in [-0.15, -0.1) is 0 Å². The van der Waals surface area contributed by atoms with Crippen molar-refractivity contribution in [3.63, 3.8) is 0 Å². The second-order valence-electron chi connectivity index (χ2n) is 6.81. The molecule has 0 radical (unpaired) electrons. The van der Waals surface area contributed by atoms with Crippen molar-refractivity contribution in [2.45, 2.75) is 6.61 Å². The van der Waals surface area contributed by atoms with Crippen molar-refractivity contribution in [1.82, 2.24) is 0 Å². The van der Waals surface area contributed by atoms with Crippen LogP contribution in [-0.4, -0.2) is 34.2 Å². The molecule has 3 aromatic carbocycles. The topological polar surface area (TPSA) is 84.9 Å². The summed E-state index contributed by atoms with van der Waals surface area (Å²) in [5.41, 5.74) is 1.95. The number of nitrogens with one attached hydrogen (secondary N) is 1. The van der Waals surface area contributed by atoms with Crippen LogP contribution in [0, 0.1) is 0 Å². The number of benzene rings is 3. The third kappa shape index (κ3) is 6.48. The first-order valence-corrected chi connectivity index (χ1v) is 11.4. The number of carbonyl (C=O) groups excluding carboxylic acids is 1. The van der Waals surface area contributed by atoms with Crippen molar-refractivity contribution in [3.05, 3.63) is 84.4 Å². The van der Waals surface area contributed by atoms with Crippen molar-refractivity contribution in [2.24, 2.45) is 0 Å². The number of sulfonamides is 1. The molecule has 0 heterocycles. The molecule has 0 saturated carbocycles. The predicted octanol–water partition coefficient (Wildman–Crippen LogP) is 3.68. The van der Waals surface area contributed by atoms with E-state index in [4.69, 9.17) is 9.47 Å². The van der Waals surface area contributed by atoms with Crippen LogP contribution < -0.4 is 19.1 Å². The Balaban J connectivity index is 1.66. The third-order valence-corrected chi connectivity index (χ3v) is 5.57. The highest BCUT2D eigenvalue weighted by atomic mass is 32.2. The van der Waals surface area contributed by atoms with Gasteiger partial charge in [0.2, 0.25) is 15.9 Å². The minimum absolute atomic E-state index is 0.352. The average molecular weight is 441 g/mol. The molecule has 0 saturated heterocycles. The van der Waals surface area contributed by atoms with E-state index in [1.165, 1.54) is 0 Å². The van der Waals surface area contributed by atoms with Gasteiger partial charge in [0.05, 0.1) is 19.1 Å². The number of rotatable bonds is 9. The van der Waals surface area contributed by atoms with Gasteiger partial charge in [0, 0.05) is 5.69 Å². The molecule has 0 bridgehead atoms. The van der Waals surface area contributed by atoms with Crippen molar-refractivity contribution >= 4 is 27.3 Å². The molecule has 1 N–H and O–H groups in total. The molecule has 0 spiro atoms. The second-order valence-corrected chi connectivity index (χ2v) is 8.72. The van der Waals surface area contributed by atoms with Crippen LogP contribution in [0.3, 0.4) is 0 Å². The number of ether oxygens (including phenoxy) is 2. The summed E-state index contributed by atoms with van der Waals surface area (Å²) in [6, 6.07) is 23.1. The van der Waals surface area contributed by atoms with Gasteiger partial charge in [0.15, 0.2) is 0 Å². The molecule has 7 nitrogen and oxygen atoms in total. The Morgan fingerprint density at radius 1 is 0.903 bits per heavy atom. The van der Waals surface area contributed by atoms with E-state index in [0.717, 1.165) is 16.1 Å². The normalized spacial score (nSPS) is 10.9. The number of methoxy groups -OCH3 is 1. The van der Waals surface area contributed by atoms with E-state index in [1.54, 1.807) is 55.6 Å². The van der Waals surface area contributed by atoms with E-state index in [0.29, 0.717) is 29.5 Å². The Morgan fingerprint density at radius 2 is 1.52 bits per heavy atom. The average Bonchev–Trinajstić information content (AvgIpc) is 2.77. The van der Waals surface area contributed by atoms with Gasteiger partial charge in [-0.1, -0.05) is 30.3 Å². The van der Waals surface area contributed by atoms with Crippen molar-refractivity contribution in [1.29, 1.82) is 0 Å². The fraction of sp³-hybridized carbons (Fsp3) is 0.174. The SMILES string of the molecule is COc1ccc(NC(=O)CN(c2ccc(OCc3ccccc3)cc2)S(C)(=O)=O)cc1. The summed E-state index contributed by atoms with van der Waals surface area (Å²) in [5, 5.41) is 2.69. The fourth-order valence-corrected chi connectivity index (χ4v) is 3.71. The molecule has 1 amide bonds. The summed E-state index contributed by atoms with van der Waals surface area (Å²) in [5.74, 6) is 0.800. The van der Waals surface area contributed by atoms with E-state index in [9.17, 15) is 13.2 Å². The summed E-state index contributed by atoms with van der Waals surface area (Å²) in [6.07, 6.45) is 1.06. The van der Waals surface area contributed by atoms with Crippen LogP contribution in [0.5, 0.6) is 11.5 Å². The Bertz CT molecular complexity index is 1100. The van der Waals surface area contributed by atoms with Crippen LogP contribution in [0.2, 0.25) is 0 Å². The predicted molar refractivity (Wildman–Crippen MR) is 121 cm³/mol. The minimum Gasteiger partial charge on any atom is -0.497 e. The van der Waals surface area contributed by atoms with Gasteiger partial charge in [-0.05, 0) is 54.1 Å². The van der Waals surface area contributed by atoms with Gasteiger partial charge in [0.25, 0.3) is 0 Å². The van der Waals surface area contributed by atoms with Crippen LogP contribution in [0.4, 0.5) is 11.4 Å². The molecule has 162 valence electrons. The smallest absolute Gasteiger partial charge is 0.245 e. The number of carbonyl (C=O) groups is 1. The summed E-state index contributed by atoms with van der Waals surface area (Å²) in [7, 11) is -2.12. The van der Waals surface area contributed by atoms with E-state index in [-0.39, 0.29) is 6.54 Å². The summed E-state index contributed by atoms with van der Waals surface area (Å²) < 4.78 is 36.5. The maximum absolute atomic E-state index is 12.5. The molecular formula is C23H24N2O5S. The van der Waals surface area contributed by atoms with E-state index in [2.05, 4.69) is 5.32 Å². The molecule has 3 aromatic rings. The minimum atomic E-state index is -3.67. The van der Waals surface area contributed by atoms with Crippen molar-refractivity contribution < 1.29 is 22.7 Å². The molecule has 0 atom stereocenters. The Hall–Kier alpha value is -3.52. The highest BCUT2D eigenvalue weighted by Gasteiger charge is 2.21. The fourth-order valence-electron chi connectivity index (χ4n) is 2.85. The summed E-state index contributed by atoms with van der Waals surface area (Å²) in [6.45, 7) is 0.0509. The number of amides is 1. The zero-order valence-electron chi connectivity index (χ0n) is 17.3. The first kappa shape index (κ1) is 22.2. The zero-order chi connectivity index (χ0) is 22.3. The zero-order valence-corrected chi connectivity index (χ0v) is 18.1. The van der Waals surface area contributed by atoms with Crippen LogP contribution in [0.15, 0.2) is 78.9 Å². The molecule has 0 unspecified atom stereocenters. The molecule has 3 rings (SSSR count). The lowest BCUT2D eigenvalue weighted by Crippen LogP contribution is -2.37. The quantitative estimate of drug-likeness (QED) is 0.549. The molecule has 0 aliphatic heterocycles. The van der Waals surface area contributed by atoms with Gasteiger partial charge < -0.3 is 14.8 Å². The highest BCUT2D eigenvalue weighted by molar-refractivity contribution is 7.92. The van der Waals surface area contributed by atoms with Crippen LogP contribution in [0.25, 0.3) is 0 Å². The first-order chi connectivity index (χ1) is 14.8. The molecule has 31 heavy (non-hydrogen) atoms. The molecule has 0 aliphatic carbocycles. The van der Waals surface area contributed by atoms with Gasteiger partial charge in [-0.3, -0.25) is 9.10 Å². The van der Waals surface area contributed by atoms with E-state index in [1.807, 2.05) is 30.3 Å². The van der Waals surface area contributed by atoms with E-state index >= 15 is 0 Å². The molecule has 0 aliphatic rings. The number of nitrogens with zero attached hydrogens (tertiary/aromatic N) is 1. The highest BCUT2D eigenvalue weighted by Crippen LogP contribution is 2.23. The number of hydrogen-bond acceptors (Lipinski definition) is 5.